The molecule has 0 bridgehead atoms. The van der Waals surface area contributed by atoms with E-state index in [0.29, 0.717) is 18.7 Å². The van der Waals surface area contributed by atoms with Crippen molar-refractivity contribution in [3.05, 3.63) is 94.5 Å². The summed E-state index contributed by atoms with van der Waals surface area (Å²) < 4.78 is 0. The molecule has 6 nitrogen and oxygen atoms in total. The van der Waals surface area contributed by atoms with Crippen LogP contribution in [0.4, 0.5) is 11.4 Å². The second kappa shape index (κ2) is 10.7. The lowest BCUT2D eigenvalue weighted by molar-refractivity contribution is 0.0746. The summed E-state index contributed by atoms with van der Waals surface area (Å²) in [6.45, 7) is 8.87. The summed E-state index contributed by atoms with van der Waals surface area (Å²) in [5, 5.41) is 6.06. The van der Waals surface area contributed by atoms with Crippen molar-refractivity contribution < 1.29 is 9.59 Å². The van der Waals surface area contributed by atoms with Crippen LogP contribution in [0.2, 0.25) is 0 Å². The van der Waals surface area contributed by atoms with Crippen LogP contribution in [0, 0.1) is 20.8 Å². The van der Waals surface area contributed by atoms with Crippen LogP contribution in [0.15, 0.2) is 66.7 Å². The summed E-state index contributed by atoms with van der Waals surface area (Å²) in [6.07, 6.45) is 0. The second-order valence-electron chi connectivity index (χ2n) is 8.85. The highest BCUT2D eigenvalue weighted by atomic mass is 32.1. The van der Waals surface area contributed by atoms with Crippen LogP contribution in [-0.4, -0.2) is 48.0 Å². The summed E-state index contributed by atoms with van der Waals surface area (Å²) in [6, 6.07) is 21.2. The first kappa shape index (κ1) is 24.4. The normalized spacial score (nSPS) is 13.3. The molecule has 2 N–H and O–H groups in total. The van der Waals surface area contributed by atoms with E-state index in [1.807, 2.05) is 86.3 Å². The molecule has 1 aliphatic rings. The third-order valence-electron chi connectivity index (χ3n) is 6.43. The maximum atomic E-state index is 12.9. The predicted molar refractivity (Wildman–Crippen MR) is 145 cm³/mol. The van der Waals surface area contributed by atoms with Crippen molar-refractivity contribution in [3.63, 3.8) is 0 Å². The standard InChI is InChI=1S/C28H30N4O2S/c1-19-8-9-22(18-21(19)3)26(33)30-28(35)29-23-10-12-24(13-11-23)31-14-16-32(17-15-31)27(34)25-7-5-4-6-20(25)2/h4-13,18H,14-17H2,1-3H3,(H2,29,30,33,35). The number of benzene rings is 3. The molecule has 7 heteroatoms. The number of aryl methyl sites for hydroxylation is 3. The first-order chi connectivity index (χ1) is 16.8. The van der Waals surface area contributed by atoms with Gasteiger partial charge in [0.2, 0.25) is 0 Å². The SMILES string of the molecule is Cc1ccc(C(=O)NC(=S)Nc2ccc(N3CCN(C(=O)c4ccccc4C)CC3)cc2)cc1C. The lowest BCUT2D eigenvalue weighted by Gasteiger charge is -2.36. The molecule has 1 fully saturated rings. The third-order valence-corrected chi connectivity index (χ3v) is 6.63. The van der Waals surface area contributed by atoms with Crippen LogP contribution in [0.5, 0.6) is 0 Å². The highest BCUT2D eigenvalue weighted by Crippen LogP contribution is 2.21. The Morgan fingerprint density at radius 1 is 0.800 bits per heavy atom. The van der Waals surface area contributed by atoms with Crippen LogP contribution in [0.25, 0.3) is 0 Å². The lowest BCUT2D eigenvalue weighted by atomic mass is 10.1. The summed E-state index contributed by atoms with van der Waals surface area (Å²) in [7, 11) is 0. The van der Waals surface area contributed by atoms with E-state index < -0.39 is 0 Å². The molecule has 0 aliphatic carbocycles. The van der Waals surface area contributed by atoms with Crippen molar-refractivity contribution in [3.8, 4) is 0 Å². The predicted octanol–water partition coefficient (Wildman–Crippen LogP) is 4.70. The minimum Gasteiger partial charge on any atom is -0.368 e. The molecule has 180 valence electrons. The maximum absolute atomic E-state index is 12.9. The van der Waals surface area contributed by atoms with E-state index in [9.17, 15) is 9.59 Å². The molecular formula is C28H30N4O2S. The Bertz CT molecular complexity index is 1250. The molecule has 1 aliphatic heterocycles. The topological polar surface area (TPSA) is 64.7 Å². The molecule has 3 aromatic carbocycles. The minimum absolute atomic E-state index is 0.0960. The Balaban J connectivity index is 1.29. The first-order valence-corrected chi connectivity index (χ1v) is 12.1. The number of anilines is 2. The number of hydrogen-bond donors (Lipinski definition) is 2. The molecule has 1 saturated heterocycles. The van der Waals surface area contributed by atoms with Gasteiger partial charge in [0.1, 0.15) is 0 Å². The van der Waals surface area contributed by atoms with Gasteiger partial charge in [-0.1, -0.05) is 24.3 Å². The average molecular weight is 487 g/mol. The number of piperazine rings is 1. The second-order valence-corrected chi connectivity index (χ2v) is 9.26. The number of nitrogens with zero attached hydrogens (tertiary/aromatic N) is 2. The monoisotopic (exact) mass is 486 g/mol. The molecule has 35 heavy (non-hydrogen) atoms. The van der Waals surface area contributed by atoms with E-state index in [0.717, 1.165) is 46.7 Å². The molecule has 0 aromatic heterocycles. The van der Waals surface area contributed by atoms with Crippen LogP contribution in [0.3, 0.4) is 0 Å². The number of hydrogen-bond acceptors (Lipinski definition) is 4. The van der Waals surface area contributed by atoms with E-state index in [4.69, 9.17) is 12.2 Å². The van der Waals surface area contributed by atoms with Gasteiger partial charge in [0.25, 0.3) is 11.8 Å². The molecular weight excluding hydrogens is 456 g/mol. The Hall–Kier alpha value is -3.71. The van der Waals surface area contributed by atoms with Gasteiger partial charge in [0.05, 0.1) is 0 Å². The highest BCUT2D eigenvalue weighted by molar-refractivity contribution is 7.80. The fourth-order valence-electron chi connectivity index (χ4n) is 4.13. The molecule has 0 spiro atoms. The minimum atomic E-state index is -0.236. The molecule has 0 saturated carbocycles. The van der Waals surface area contributed by atoms with Crippen LogP contribution >= 0.6 is 12.2 Å². The zero-order valence-electron chi connectivity index (χ0n) is 20.3. The van der Waals surface area contributed by atoms with Crippen molar-refractivity contribution in [1.29, 1.82) is 0 Å². The van der Waals surface area contributed by atoms with Gasteiger partial charge in [-0.2, -0.15) is 0 Å². The van der Waals surface area contributed by atoms with Gasteiger partial charge in [0, 0.05) is 48.7 Å². The van der Waals surface area contributed by atoms with Gasteiger partial charge in [-0.05, 0) is 92.1 Å². The van der Waals surface area contributed by atoms with E-state index in [1.54, 1.807) is 6.07 Å². The summed E-state index contributed by atoms with van der Waals surface area (Å²) in [5.41, 5.74) is 6.45. The third kappa shape index (κ3) is 5.87. The van der Waals surface area contributed by atoms with Gasteiger partial charge < -0.3 is 15.1 Å². The zero-order valence-corrected chi connectivity index (χ0v) is 21.1. The quantitative estimate of drug-likeness (QED) is 0.524. The molecule has 0 atom stereocenters. The van der Waals surface area contributed by atoms with Crippen molar-refractivity contribution in [2.24, 2.45) is 0 Å². The first-order valence-electron chi connectivity index (χ1n) is 11.7. The van der Waals surface area contributed by atoms with Crippen LogP contribution < -0.4 is 15.5 Å². The van der Waals surface area contributed by atoms with Crippen LogP contribution in [-0.2, 0) is 0 Å². The Labute approximate surface area is 211 Å². The smallest absolute Gasteiger partial charge is 0.257 e. The molecule has 3 aromatic rings. The molecule has 0 unspecified atom stereocenters. The summed E-state index contributed by atoms with van der Waals surface area (Å²) >= 11 is 5.32. The van der Waals surface area contributed by atoms with Gasteiger partial charge in [-0.25, -0.2) is 0 Å². The molecule has 2 amide bonds. The van der Waals surface area contributed by atoms with Crippen molar-refractivity contribution in [2.75, 3.05) is 36.4 Å². The largest absolute Gasteiger partial charge is 0.368 e. The average Bonchev–Trinajstić information content (AvgIpc) is 2.86. The highest BCUT2D eigenvalue weighted by Gasteiger charge is 2.23. The van der Waals surface area contributed by atoms with Crippen molar-refractivity contribution >= 4 is 40.5 Å². The number of carbonyl (C=O) groups is 2. The fourth-order valence-corrected chi connectivity index (χ4v) is 4.34. The Morgan fingerprint density at radius 2 is 1.49 bits per heavy atom. The number of carbonyl (C=O) groups excluding carboxylic acids is 2. The van der Waals surface area contributed by atoms with E-state index in [2.05, 4.69) is 15.5 Å². The summed E-state index contributed by atoms with van der Waals surface area (Å²) in [4.78, 5) is 29.5. The van der Waals surface area contributed by atoms with Crippen molar-refractivity contribution in [2.45, 2.75) is 20.8 Å². The van der Waals surface area contributed by atoms with Gasteiger partial charge >= 0.3 is 0 Å². The number of thiocarbonyl (C=S) groups is 1. The van der Waals surface area contributed by atoms with Gasteiger partial charge in [-0.15, -0.1) is 0 Å². The van der Waals surface area contributed by atoms with Crippen LogP contribution in [0.1, 0.15) is 37.4 Å². The van der Waals surface area contributed by atoms with Crippen molar-refractivity contribution in [1.82, 2.24) is 10.2 Å². The summed E-state index contributed by atoms with van der Waals surface area (Å²) in [5.74, 6) is -0.140. The van der Waals surface area contributed by atoms with E-state index in [1.165, 1.54) is 0 Å². The molecule has 0 radical (unpaired) electrons. The van der Waals surface area contributed by atoms with E-state index in [-0.39, 0.29) is 16.9 Å². The molecule has 4 rings (SSSR count). The maximum Gasteiger partial charge on any atom is 0.257 e. The number of rotatable bonds is 4. The fraction of sp³-hybridized carbons (Fsp3) is 0.250. The van der Waals surface area contributed by atoms with Gasteiger partial charge in [0.15, 0.2) is 5.11 Å². The van der Waals surface area contributed by atoms with E-state index >= 15 is 0 Å². The number of amides is 2. The Kier molecular flexibility index (Phi) is 7.46. The van der Waals surface area contributed by atoms with Gasteiger partial charge in [-0.3, -0.25) is 14.9 Å². The zero-order chi connectivity index (χ0) is 24.9. The lowest BCUT2D eigenvalue weighted by Crippen LogP contribution is -2.48. The molecule has 1 heterocycles. The number of nitrogens with one attached hydrogen (secondary N) is 2. The Morgan fingerprint density at radius 3 is 2.14 bits per heavy atom.